The molecule has 3 nitrogen and oxygen atoms in total. The zero-order valence-corrected chi connectivity index (χ0v) is 14.3. The van der Waals surface area contributed by atoms with E-state index < -0.39 is 0 Å². The fourth-order valence-corrected chi connectivity index (χ4v) is 6.22. The van der Waals surface area contributed by atoms with Gasteiger partial charge in [-0.2, -0.15) is 0 Å². The highest BCUT2D eigenvalue weighted by Crippen LogP contribution is 2.31. The smallest absolute Gasteiger partial charge is 0.0968 e. The van der Waals surface area contributed by atoms with E-state index in [9.17, 15) is 0 Å². The van der Waals surface area contributed by atoms with Crippen molar-refractivity contribution in [1.29, 1.82) is 0 Å². The van der Waals surface area contributed by atoms with Gasteiger partial charge in [-0.3, -0.25) is 5.32 Å². The molecular formula is C15H33N3Si. The summed E-state index contributed by atoms with van der Waals surface area (Å²) in [6.45, 7) is 6.65. The van der Waals surface area contributed by atoms with Crippen molar-refractivity contribution in [2.75, 3.05) is 13.1 Å². The molecule has 2 saturated carbocycles. The Balaban J connectivity index is 1.96. The summed E-state index contributed by atoms with van der Waals surface area (Å²) < 4.78 is 0. The van der Waals surface area contributed by atoms with Crippen LogP contribution in [0.25, 0.3) is 0 Å². The highest BCUT2D eigenvalue weighted by Gasteiger charge is 2.39. The molecular weight excluding hydrogens is 250 g/mol. The Bertz CT molecular complexity index is 250. The summed E-state index contributed by atoms with van der Waals surface area (Å²) in [5, 5.41) is 7.55. The third-order valence-corrected chi connectivity index (χ3v) is 7.26. The molecule has 0 aromatic carbocycles. The van der Waals surface area contributed by atoms with Gasteiger partial charge in [0, 0.05) is 6.04 Å². The molecule has 0 heterocycles. The first kappa shape index (κ1) is 15.5. The largest absolute Gasteiger partial charge is 0.324 e. The Kier molecular flexibility index (Phi) is 6.33. The zero-order valence-electron chi connectivity index (χ0n) is 12.9. The minimum atomic E-state index is -0.135. The summed E-state index contributed by atoms with van der Waals surface area (Å²) in [6.07, 6.45) is 11.3. The molecule has 2 aliphatic carbocycles. The molecule has 0 aromatic rings. The second-order valence-corrected chi connectivity index (χ2v) is 8.31. The van der Waals surface area contributed by atoms with Crippen molar-refractivity contribution in [3.8, 4) is 0 Å². The quantitative estimate of drug-likeness (QED) is 0.493. The van der Waals surface area contributed by atoms with Crippen molar-refractivity contribution in [2.24, 2.45) is 0 Å². The van der Waals surface area contributed by atoms with Gasteiger partial charge in [0.2, 0.25) is 0 Å². The van der Waals surface area contributed by atoms with E-state index in [1.54, 1.807) is 0 Å². The van der Waals surface area contributed by atoms with Crippen LogP contribution in [0.3, 0.4) is 0 Å². The summed E-state index contributed by atoms with van der Waals surface area (Å²) in [5.74, 6) is 0. The van der Waals surface area contributed by atoms with Gasteiger partial charge < -0.3 is 10.3 Å². The summed E-state index contributed by atoms with van der Waals surface area (Å²) >= 11 is 0. The first-order valence-corrected chi connectivity index (χ1v) is 10.1. The van der Waals surface area contributed by atoms with Gasteiger partial charge >= 0.3 is 0 Å². The lowest BCUT2D eigenvalue weighted by molar-refractivity contribution is 0.157. The maximum Gasteiger partial charge on any atom is 0.0968 e. The molecule has 0 saturated heterocycles. The van der Waals surface area contributed by atoms with E-state index in [0.29, 0.717) is 6.04 Å². The van der Waals surface area contributed by atoms with Crippen LogP contribution in [0.15, 0.2) is 0 Å². The summed E-state index contributed by atoms with van der Waals surface area (Å²) in [7, 11) is -0.135. The normalized spacial score (nSPS) is 33.5. The third kappa shape index (κ3) is 4.03. The van der Waals surface area contributed by atoms with Gasteiger partial charge in [-0.05, 0) is 31.5 Å². The van der Waals surface area contributed by atoms with Crippen LogP contribution < -0.4 is 15.6 Å². The number of hydrogen-bond acceptors (Lipinski definition) is 3. The fourth-order valence-electron chi connectivity index (χ4n) is 4.04. The van der Waals surface area contributed by atoms with E-state index in [1.807, 2.05) is 0 Å². The number of rotatable bonds is 7. The van der Waals surface area contributed by atoms with Gasteiger partial charge in [-0.25, -0.2) is 0 Å². The van der Waals surface area contributed by atoms with Gasteiger partial charge in [0.15, 0.2) is 0 Å². The van der Waals surface area contributed by atoms with Crippen LogP contribution in [-0.4, -0.2) is 34.5 Å². The van der Waals surface area contributed by atoms with Gasteiger partial charge in [0.25, 0.3) is 0 Å². The number of nitrogens with one attached hydrogen (secondary N) is 3. The van der Waals surface area contributed by atoms with Crippen molar-refractivity contribution in [2.45, 2.75) is 82.5 Å². The highest BCUT2D eigenvalue weighted by atomic mass is 28.2. The summed E-state index contributed by atoms with van der Waals surface area (Å²) in [5.41, 5.74) is 1.26. The van der Waals surface area contributed by atoms with Crippen molar-refractivity contribution in [3.63, 3.8) is 0 Å². The van der Waals surface area contributed by atoms with Crippen LogP contribution >= 0.6 is 0 Å². The second-order valence-electron chi connectivity index (χ2n) is 6.39. The predicted octanol–water partition coefficient (Wildman–Crippen LogP) is 1.88. The maximum atomic E-state index is 4.08. The van der Waals surface area contributed by atoms with Gasteiger partial charge in [-0.1, -0.05) is 52.4 Å². The lowest BCUT2D eigenvalue weighted by Gasteiger charge is -2.46. The predicted molar refractivity (Wildman–Crippen MR) is 86.2 cm³/mol. The molecule has 0 amide bonds. The molecule has 3 N–H and O–H groups in total. The van der Waals surface area contributed by atoms with Crippen molar-refractivity contribution >= 4 is 9.68 Å². The molecule has 112 valence electrons. The maximum absolute atomic E-state index is 4.08. The molecule has 19 heavy (non-hydrogen) atoms. The fraction of sp³-hybridized carbons (Fsp3) is 1.00. The van der Waals surface area contributed by atoms with Crippen molar-refractivity contribution < 1.29 is 0 Å². The van der Waals surface area contributed by atoms with Crippen molar-refractivity contribution in [1.82, 2.24) is 15.6 Å². The van der Waals surface area contributed by atoms with E-state index >= 15 is 0 Å². The molecule has 0 bridgehead atoms. The lowest BCUT2D eigenvalue weighted by Crippen LogP contribution is -2.70. The molecule has 2 rings (SSSR count). The van der Waals surface area contributed by atoms with E-state index in [-0.39, 0.29) is 15.3 Å². The molecule has 2 atom stereocenters. The third-order valence-electron chi connectivity index (χ3n) is 5.03. The highest BCUT2D eigenvalue weighted by molar-refractivity contribution is 6.34. The first-order chi connectivity index (χ1) is 9.30. The average molecular weight is 284 g/mol. The lowest BCUT2D eigenvalue weighted by atomic mass is 9.84. The van der Waals surface area contributed by atoms with E-state index in [1.165, 1.54) is 51.4 Å². The molecule has 0 aliphatic heterocycles. The Morgan fingerprint density at radius 2 is 1.74 bits per heavy atom. The minimum Gasteiger partial charge on any atom is -0.324 e. The van der Waals surface area contributed by atoms with Gasteiger partial charge in [-0.15, -0.1) is 0 Å². The van der Waals surface area contributed by atoms with Gasteiger partial charge in [0.05, 0.1) is 15.3 Å². The molecule has 2 unspecified atom stereocenters. The second kappa shape index (κ2) is 7.77. The Labute approximate surface area is 121 Å². The molecule has 0 spiro atoms. The summed E-state index contributed by atoms with van der Waals surface area (Å²) in [4.78, 5) is 4.08. The van der Waals surface area contributed by atoms with E-state index in [4.69, 9.17) is 0 Å². The molecule has 2 aliphatic rings. The van der Waals surface area contributed by atoms with E-state index in [2.05, 4.69) is 29.5 Å². The Morgan fingerprint density at radius 3 is 2.42 bits per heavy atom. The van der Waals surface area contributed by atoms with Crippen molar-refractivity contribution in [3.05, 3.63) is 0 Å². The molecule has 0 radical (unpaired) electrons. The van der Waals surface area contributed by atoms with Crippen LogP contribution in [0, 0.1) is 0 Å². The molecule has 2 fully saturated rings. The van der Waals surface area contributed by atoms with Crippen LogP contribution in [-0.2, 0) is 0 Å². The van der Waals surface area contributed by atoms with Crippen LogP contribution in [0.1, 0.15) is 65.2 Å². The first-order valence-electron chi connectivity index (χ1n) is 8.54. The summed E-state index contributed by atoms with van der Waals surface area (Å²) in [6, 6.07) is 0.625. The Hall–Kier alpha value is 0.0969. The van der Waals surface area contributed by atoms with Gasteiger partial charge in [0.1, 0.15) is 0 Å². The topological polar surface area (TPSA) is 36.1 Å². The van der Waals surface area contributed by atoms with Crippen LogP contribution in [0.2, 0.25) is 5.54 Å². The standard InChI is InChI=1S/C15H33N3Si/c1-3-16-14-11-7-8-12-15(14,17-4-2)18-19-13-9-5-6-10-13/h13-14,16-18H,3-12,19H2,1-2H3. The molecule has 0 aromatic heterocycles. The van der Waals surface area contributed by atoms with Crippen LogP contribution in [0.4, 0.5) is 0 Å². The average Bonchev–Trinajstić information content (AvgIpc) is 2.93. The van der Waals surface area contributed by atoms with E-state index in [0.717, 1.165) is 18.6 Å². The van der Waals surface area contributed by atoms with Crippen LogP contribution in [0.5, 0.6) is 0 Å². The zero-order chi connectivity index (χ0) is 13.6. The SMILES string of the molecule is CCNC1CCCCC1(NCC)N[SiH2]C1CCCC1. The Morgan fingerprint density at radius 1 is 1.00 bits per heavy atom. The number of hydrogen-bond donors (Lipinski definition) is 3. The number of likely N-dealkylation sites (N-methyl/N-ethyl adjacent to an activating group) is 2. The minimum absolute atomic E-state index is 0.135. The monoisotopic (exact) mass is 283 g/mol. The molecule has 4 heteroatoms.